The van der Waals surface area contributed by atoms with Crippen LogP contribution in [0.5, 0.6) is 0 Å². The van der Waals surface area contributed by atoms with E-state index in [4.69, 9.17) is 4.42 Å². The molecule has 1 aromatic carbocycles. The third-order valence-corrected chi connectivity index (χ3v) is 2.66. The molecule has 2 aromatic rings. The first-order chi connectivity index (χ1) is 7.84. The SMILES string of the molecule is CN(CCc1ccoc1)Cc1ccccc1. The molecule has 0 fully saturated rings. The van der Waals surface area contributed by atoms with Crippen molar-refractivity contribution in [1.82, 2.24) is 4.90 Å². The average molecular weight is 215 g/mol. The van der Waals surface area contributed by atoms with Gasteiger partial charge in [-0.25, -0.2) is 0 Å². The lowest BCUT2D eigenvalue weighted by molar-refractivity contribution is 0.331. The third-order valence-electron chi connectivity index (χ3n) is 2.66. The Kier molecular flexibility index (Phi) is 3.78. The topological polar surface area (TPSA) is 16.4 Å². The van der Waals surface area contributed by atoms with E-state index >= 15 is 0 Å². The number of likely N-dealkylation sites (N-methyl/N-ethyl adjacent to an activating group) is 1. The van der Waals surface area contributed by atoms with Gasteiger partial charge in [0.1, 0.15) is 0 Å². The Morgan fingerprint density at radius 2 is 1.88 bits per heavy atom. The molecule has 0 aliphatic heterocycles. The molecular formula is C14H17NO. The molecule has 16 heavy (non-hydrogen) atoms. The zero-order valence-electron chi connectivity index (χ0n) is 9.60. The number of furan rings is 1. The van der Waals surface area contributed by atoms with Gasteiger partial charge in [0.15, 0.2) is 0 Å². The summed E-state index contributed by atoms with van der Waals surface area (Å²) >= 11 is 0. The largest absolute Gasteiger partial charge is 0.472 e. The van der Waals surface area contributed by atoms with Crippen LogP contribution < -0.4 is 0 Å². The third kappa shape index (κ3) is 3.24. The molecular weight excluding hydrogens is 198 g/mol. The van der Waals surface area contributed by atoms with Crippen LogP contribution in [0.2, 0.25) is 0 Å². The normalized spacial score (nSPS) is 10.9. The fraction of sp³-hybridized carbons (Fsp3) is 0.286. The predicted octanol–water partition coefficient (Wildman–Crippen LogP) is 2.95. The minimum absolute atomic E-state index is 0.999. The van der Waals surface area contributed by atoms with Gasteiger partial charge < -0.3 is 9.32 Å². The maximum absolute atomic E-state index is 5.05. The molecule has 0 spiro atoms. The number of hydrogen-bond acceptors (Lipinski definition) is 2. The number of benzene rings is 1. The molecule has 1 heterocycles. The highest BCUT2D eigenvalue weighted by Gasteiger charge is 2.01. The van der Waals surface area contributed by atoms with Gasteiger partial charge in [0.05, 0.1) is 12.5 Å². The Balaban J connectivity index is 1.78. The van der Waals surface area contributed by atoms with Crippen LogP contribution in [-0.4, -0.2) is 18.5 Å². The molecule has 0 N–H and O–H groups in total. The van der Waals surface area contributed by atoms with E-state index in [0.29, 0.717) is 0 Å². The smallest absolute Gasteiger partial charge is 0.0934 e. The zero-order valence-corrected chi connectivity index (χ0v) is 9.60. The Bertz CT molecular complexity index is 394. The summed E-state index contributed by atoms with van der Waals surface area (Å²) in [6.45, 7) is 2.05. The molecule has 84 valence electrons. The number of hydrogen-bond donors (Lipinski definition) is 0. The van der Waals surface area contributed by atoms with Gasteiger partial charge in [-0.3, -0.25) is 0 Å². The standard InChI is InChI=1S/C14H17NO/c1-15(9-7-14-8-10-16-12-14)11-13-5-3-2-4-6-13/h2-6,8,10,12H,7,9,11H2,1H3. The van der Waals surface area contributed by atoms with E-state index in [2.05, 4.69) is 42.3 Å². The van der Waals surface area contributed by atoms with Gasteiger partial charge in [-0.1, -0.05) is 30.3 Å². The molecule has 0 saturated heterocycles. The monoisotopic (exact) mass is 215 g/mol. The fourth-order valence-corrected chi connectivity index (χ4v) is 1.73. The summed E-state index contributed by atoms with van der Waals surface area (Å²) in [5.74, 6) is 0. The Morgan fingerprint density at radius 1 is 1.06 bits per heavy atom. The second-order valence-electron chi connectivity index (χ2n) is 4.10. The molecule has 0 atom stereocenters. The van der Waals surface area contributed by atoms with Gasteiger partial charge >= 0.3 is 0 Å². The molecule has 0 unspecified atom stereocenters. The van der Waals surface area contributed by atoms with E-state index < -0.39 is 0 Å². The fourth-order valence-electron chi connectivity index (χ4n) is 1.73. The summed E-state index contributed by atoms with van der Waals surface area (Å²) in [6.07, 6.45) is 4.59. The molecule has 0 aliphatic rings. The van der Waals surface area contributed by atoms with Crippen molar-refractivity contribution in [3.63, 3.8) is 0 Å². The van der Waals surface area contributed by atoms with E-state index in [0.717, 1.165) is 19.5 Å². The second-order valence-corrected chi connectivity index (χ2v) is 4.10. The van der Waals surface area contributed by atoms with Gasteiger partial charge in [-0.2, -0.15) is 0 Å². The lowest BCUT2D eigenvalue weighted by atomic mass is 10.2. The summed E-state index contributed by atoms with van der Waals surface area (Å²) in [5.41, 5.74) is 2.62. The quantitative estimate of drug-likeness (QED) is 0.762. The molecule has 2 nitrogen and oxygen atoms in total. The minimum atomic E-state index is 0.999. The van der Waals surface area contributed by atoms with E-state index in [1.165, 1.54) is 11.1 Å². The number of nitrogens with zero attached hydrogens (tertiary/aromatic N) is 1. The van der Waals surface area contributed by atoms with Crippen LogP contribution in [-0.2, 0) is 13.0 Å². The maximum atomic E-state index is 5.05. The lowest BCUT2D eigenvalue weighted by Gasteiger charge is -2.15. The molecule has 0 bridgehead atoms. The summed E-state index contributed by atoms with van der Waals surface area (Å²) in [7, 11) is 2.15. The van der Waals surface area contributed by atoms with E-state index in [9.17, 15) is 0 Å². The highest BCUT2D eigenvalue weighted by molar-refractivity contribution is 5.14. The van der Waals surface area contributed by atoms with Crippen molar-refractivity contribution in [3.8, 4) is 0 Å². The molecule has 0 radical (unpaired) electrons. The zero-order chi connectivity index (χ0) is 11.2. The van der Waals surface area contributed by atoms with Crippen molar-refractivity contribution < 1.29 is 4.42 Å². The second kappa shape index (κ2) is 5.52. The lowest BCUT2D eigenvalue weighted by Crippen LogP contribution is -2.20. The van der Waals surface area contributed by atoms with Gasteiger partial charge in [-0.15, -0.1) is 0 Å². The summed E-state index contributed by atoms with van der Waals surface area (Å²) in [6, 6.07) is 12.6. The van der Waals surface area contributed by atoms with Gasteiger partial charge in [-0.05, 0) is 30.7 Å². The van der Waals surface area contributed by atoms with Crippen molar-refractivity contribution in [2.45, 2.75) is 13.0 Å². The van der Waals surface area contributed by atoms with Crippen molar-refractivity contribution in [1.29, 1.82) is 0 Å². The molecule has 1 aromatic heterocycles. The molecule has 0 saturated carbocycles. The Labute approximate surface area is 96.5 Å². The Morgan fingerprint density at radius 3 is 2.56 bits per heavy atom. The van der Waals surface area contributed by atoms with Crippen molar-refractivity contribution in [2.75, 3.05) is 13.6 Å². The van der Waals surface area contributed by atoms with E-state index in [1.807, 2.05) is 12.3 Å². The maximum Gasteiger partial charge on any atom is 0.0934 e. The molecule has 2 rings (SSSR count). The molecule has 2 heteroatoms. The first-order valence-electron chi connectivity index (χ1n) is 5.58. The molecule has 0 aliphatic carbocycles. The van der Waals surface area contributed by atoms with Crippen molar-refractivity contribution in [2.24, 2.45) is 0 Å². The summed E-state index contributed by atoms with van der Waals surface area (Å²) in [5, 5.41) is 0. The van der Waals surface area contributed by atoms with Gasteiger partial charge in [0.2, 0.25) is 0 Å². The van der Waals surface area contributed by atoms with Crippen LogP contribution in [0, 0.1) is 0 Å². The van der Waals surface area contributed by atoms with Crippen LogP contribution >= 0.6 is 0 Å². The van der Waals surface area contributed by atoms with Crippen LogP contribution in [0.25, 0.3) is 0 Å². The average Bonchev–Trinajstić information content (AvgIpc) is 2.81. The van der Waals surface area contributed by atoms with Crippen LogP contribution in [0.15, 0.2) is 53.3 Å². The van der Waals surface area contributed by atoms with Crippen LogP contribution in [0.3, 0.4) is 0 Å². The minimum Gasteiger partial charge on any atom is -0.472 e. The predicted molar refractivity (Wildman–Crippen MR) is 65.2 cm³/mol. The van der Waals surface area contributed by atoms with E-state index in [1.54, 1.807) is 6.26 Å². The van der Waals surface area contributed by atoms with Crippen molar-refractivity contribution >= 4 is 0 Å². The van der Waals surface area contributed by atoms with Crippen LogP contribution in [0.1, 0.15) is 11.1 Å². The van der Waals surface area contributed by atoms with Crippen LogP contribution in [0.4, 0.5) is 0 Å². The summed E-state index contributed by atoms with van der Waals surface area (Å²) in [4.78, 5) is 2.32. The molecule has 0 amide bonds. The van der Waals surface area contributed by atoms with Gasteiger partial charge in [0.25, 0.3) is 0 Å². The highest BCUT2D eigenvalue weighted by Crippen LogP contribution is 2.05. The Hall–Kier alpha value is -1.54. The first kappa shape index (κ1) is 11.0. The first-order valence-corrected chi connectivity index (χ1v) is 5.58. The van der Waals surface area contributed by atoms with Gasteiger partial charge in [0, 0.05) is 13.1 Å². The highest BCUT2D eigenvalue weighted by atomic mass is 16.3. The number of rotatable bonds is 5. The summed E-state index contributed by atoms with van der Waals surface area (Å²) < 4.78 is 5.05. The van der Waals surface area contributed by atoms with Crippen molar-refractivity contribution in [3.05, 3.63) is 60.1 Å². The van der Waals surface area contributed by atoms with E-state index in [-0.39, 0.29) is 0 Å².